The van der Waals surface area contributed by atoms with Gasteiger partial charge in [-0.2, -0.15) is 10.5 Å². The summed E-state index contributed by atoms with van der Waals surface area (Å²) in [5.74, 6) is 0.250. The number of halogens is 2. The lowest BCUT2D eigenvalue weighted by atomic mass is 10.2. The van der Waals surface area contributed by atoms with E-state index in [1.807, 2.05) is 25.1 Å². The fraction of sp³-hybridized carbons (Fsp3) is 0.0909. The Balaban J connectivity index is 2.27. The molecule has 0 saturated carbocycles. The van der Waals surface area contributed by atoms with E-state index >= 15 is 0 Å². The van der Waals surface area contributed by atoms with Crippen molar-refractivity contribution in [3.05, 3.63) is 38.7 Å². The maximum absolute atomic E-state index is 9.04. The molecular weight excluding hydrogens is 376 g/mol. The second kappa shape index (κ2) is 5.95. The summed E-state index contributed by atoms with van der Waals surface area (Å²) in [6.45, 7) is 1.98. The molecule has 2 aromatic rings. The summed E-state index contributed by atoms with van der Waals surface area (Å²) >= 11 is 6.90. The predicted octanol–water partition coefficient (Wildman–Crippen LogP) is 3.01. The molecule has 0 aliphatic heterocycles. The Morgan fingerprint density at radius 2 is 2.21 bits per heavy atom. The molecule has 0 spiro atoms. The van der Waals surface area contributed by atoms with Crippen molar-refractivity contribution in [2.75, 3.05) is 5.32 Å². The van der Waals surface area contributed by atoms with Gasteiger partial charge in [0.25, 0.3) is 0 Å². The number of aromatic nitrogens is 4. The van der Waals surface area contributed by atoms with Crippen LogP contribution in [0.1, 0.15) is 11.4 Å². The molecule has 6 nitrogen and oxygen atoms in total. The highest BCUT2D eigenvalue weighted by Crippen LogP contribution is 2.29. The smallest absolute Gasteiger partial charge is 0.216 e. The molecule has 2 rings (SSSR count). The van der Waals surface area contributed by atoms with Crippen LogP contribution in [0.4, 0.5) is 5.69 Å². The molecule has 0 atom stereocenters. The average molecular weight is 384 g/mol. The van der Waals surface area contributed by atoms with Crippen LogP contribution >= 0.6 is 31.9 Å². The van der Waals surface area contributed by atoms with Gasteiger partial charge in [-0.05, 0) is 45.8 Å². The second-order valence-corrected chi connectivity index (χ2v) is 5.34. The zero-order valence-corrected chi connectivity index (χ0v) is 12.9. The van der Waals surface area contributed by atoms with Crippen molar-refractivity contribution in [3.63, 3.8) is 0 Å². The van der Waals surface area contributed by atoms with Crippen LogP contribution in [-0.2, 0) is 0 Å². The number of hydrogen-bond acceptors (Lipinski definition) is 5. The minimum Gasteiger partial charge on any atom is -0.359 e. The van der Waals surface area contributed by atoms with Gasteiger partial charge in [0, 0.05) is 15.1 Å². The van der Waals surface area contributed by atoms with E-state index in [4.69, 9.17) is 5.26 Å². The Hall–Kier alpha value is -1.72. The number of tetrazole rings is 1. The van der Waals surface area contributed by atoms with E-state index in [1.165, 1.54) is 6.20 Å². The first-order chi connectivity index (χ1) is 9.11. The van der Waals surface area contributed by atoms with E-state index in [0.717, 1.165) is 20.2 Å². The van der Waals surface area contributed by atoms with Crippen LogP contribution in [-0.4, -0.2) is 20.6 Å². The van der Waals surface area contributed by atoms with Gasteiger partial charge in [-0.1, -0.05) is 15.9 Å². The van der Waals surface area contributed by atoms with Crippen LogP contribution in [0.15, 0.2) is 27.3 Å². The lowest BCUT2D eigenvalue weighted by Crippen LogP contribution is -1.94. The minimum absolute atomic E-state index is 0.250. The molecule has 0 aliphatic rings. The summed E-state index contributed by atoms with van der Waals surface area (Å²) in [4.78, 5) is 0. The number of aromatic amines is 1. The topological polar surface area (TPSA) is 90.3 Å². The maximum atomic E-state index is 9.04. The molecule has 0 saturated heterocycles. The zero-order valence-electron chi connectivity index (χ0n) is 9.78. The van der Waals surface area contributed by atoms with Crippen LogP contribution in [0, 0.1) is 18.3 Å². The first-order valence-corrected chi connectivity index (χ1v) is 6.76. The Labute approximate surface area is 126 Å². The van der Waals surface area contributed by atoms with Gasteiger partial charge in [-0.3, -0.25) is 0 Å². The number of hydrogen-bond donors (Lipinski definition) is 2. The fourth-order valence-corrected chi connectivity index (χ4v) is 2.45. The molecule has 0 radical (unpaired) electrons. The number of nitrogens with one attached hydrogen (secondary N) is 2. The van der Waals surface area contributed by atoms with Crippen LogP contribution in [0.5, 0.6) is 0 Å². The second-order valence-electron chi connectivity index (χ2n) is 3.63. The van der Waals surface area contributed by atoms with Crippen molar-refractivity contribution in [3.8, 4) is 6.07 Å². The van der Waals surface area contributed by atoms with Crippen molar-refractivity contribution in [2.24, 2.45) is 0 Å². The van der Waals surface area contributed by atoms with Crippen molar-refractivity contribution in [1.82, 2.24) is 20.6 Å². The van der Waals surface area contributed by atoms with Gasteiger partial charge in [0.1, 0.15) is 11.6 Å². The largest absolute Gasteiger partial charge is 0.359 e. The predicted molar refractivity (Wildman–Crippen MR) is 78.0 cm³/mol. The molecule has 0 fully saturated rings. The SMILES string of the molecule is Cc1cc(NC=C(C#N)c2nn[nH]n2)c(Br)cc1Br. The standard InChI is InChI=1S/C11H8Br2N6/c1-6-2-10(9(13)3-8(6)12)15-5-7(4-14)11-16-18-19-17-11/h2-3,5,15H,1H3,(H,16,17,18,19). The summed E-state index contributed by atoms with van der Waals surface area (Å²) in [5.41, 5.74) is 2.22. The summed E-state index contributed by atoms with van der Waals surface area (Å²) in [5, 5.41) is 25.3. The third kappa shape index (κ3) is 3.19. The Kier molecular flexibility index (Phi) is 4.29. The number of rotatable bonds is 3. The highest BCUT2D eigenvalue weighted by atomic mass is 79.9. The average Bonchev–Trinajstić information content (AvgIpc) is 2.90. The van der Waals surface area contributed by atoms with Crippen LogP contribution < -0.4 is 5.32 Å². The lowest BCUT2D eigenvalue weighted by Gasteiger charge is -2.07. The molecule has 0 bridgehead atoms. The number of allylic oxidation sites excluding steroid dienone is 1. The first-order valence-electron chi connectivity index (χ1n) is 5.18. The quantitative estimate of drug-likeness (QED) is 0.795. The molecule has 2 N–H and O–H groups in total. The monoisotopic (exact) mass is 382 g/mol. The van der Waals surface area contributed by atoms with E-state index in [0.29, 0.717) is 5.57 Å². The Morgan fingerprint density at radius 1 is 1.42 bits per heavy atom. The molecule has 1 heterocycles. The first kappa shape index (κ1) is 13.7. The van der Waals surface area contributed by atoms with E-state index in [2.05, 4.69) is 57.8 Å². The van der Waals surface area contributed by atoms with E-state index in [9.17, 15) is 0 Å². The summed E-state index contributed by atoms with van der Waals surface area (Å²) < 4.78 is 1.89. The van der Waals surface area contributed by atoms with Gasteiger partial charge >= 0.3 is 0 Å². The third-order valence-corrected chi connectivity index (χ3v) is 3.84. The van der Waals surface area contributed by atoms with Crippen LogP contribution in [0.25, 0.3) is 5.57 Å². The number of anilines is 1. The minimum atomic E-state index is 0.250. The molecule has 1 aromatic carbocycles. The van der Waals surface area contributed by atoms with Crippen LogP contribution in [0.3, 0.4) is 0 Å². The van der Waals surface area contributed by atoms with Crippen molar-refractivity contribution in [1.29, 1.82) is 5.26 Å². The van der Waals surface area contributed by atoms with Crippen molar-refractivity contribution in [2.45, 2.75) is 6.92 Å². The maximum Gasteiger partial charge on any atom is 0.216 e. The van der Waals surface area contributed by atoms with Crippen molar-refractivity contribution >= 4 is 43.1 Å². The normalized spacial score (nSPS) is 11.2. The van der Waals surface area contributed by atoms with E-state index in [1.54, 1.807) is 0 Å². The molecule has 0 amide bonds. The fourth-order valence-electron chi connectivity index (χ4n) is 1.34. The van der Waals surface area contributed by atoms with Gasteiger partial charge < -0.3 is 5.32 Å². The molecule has 0 aliphatic carbocycles. The lowest BCUT2D eigenvalue weighted by molar-refractivity contribution is 0.881. The van der Waals surface area contributed by atoms with Gasteiger partial charge in [-0.15, -0.1) is 10.2 Å². The van der Waals surface area contributed by atoms with Crippen molar-refractivity contribution < 1.29 is 0 Å². The van der Waals surface area contributed by atoms with Gasteiger partial charge in [0.2, 0.25) is 5.82 Å². The van der Waals surface area contributed by atoms with E-state index < -0.39 is 0 Å². The van der Waals surface area contributed by atoms with Gasteiger partial charge in [0.15, 0.2) is 0 Å². The number of nitrogens with zero attached hydrogens (tertiary/aromatic N) is 4. The molecule has 19 heavy (non-hydrogen) atoms. The Morgan fingerprint density at radius 3 is 2.84 bits per heavy atom. The zero-order chi connectivity index (χ0) is 13.8. The molecular formula is C11H8Br2N6. The highest BCUT2D eigenvalue weighted by molar-refractivity contribution is 9.11. The molecule has 1 aromatic heterocycles. The molecule has 96 valence electrons. The van der Waals surface area contributed by atoms with E-state index in [-0.39, 0.29) is 5.82 Å². The number of H-pyrrole nitrogens is 1. The third-order valence-electron chi connectivity index (χ3n) is 2.33. The number of aryl methyl sites for hydroxylation is 1. The number of benzene rings is 1. The van der Waals surface area contributed by atoms with Gasteiger partial charge in [-0.25, -0.2) is 0 Å². The summed E-state index contributed by atoms with van der Waals surface area (Å²) in [7, 11) is 0. The molecule has 8 heteroatoms. The Bertz CT molecular complexity index is 657. The van der Waals surface area contributed by atoms with Crippen LogP contribution in [0.2, 0.25) is 0 Å². The molecule has 0 unspecified atom stereocenters. The van der Waals surface area contributed by atoms with Gasteiger partial charge in [0.05, 0.1) is 5.69 Å². The number of nitriles is 1. The summed E-state index contributed by atoms with van der Waals surface area (Å²) in [6, 6.07) is 5.90. The summed E-state index contributed by atoms with van der Waals surface area (Å²) in [6.07, 6.45) is 1.54. The highest BCUT2D eigenvalue weighted by Gasteiger charge is 2.07.